The summed E-state index contributed by atoms with van der Waals surface area (Å²) in [5.41, 5.74) is -1.44. The van der Waals surface area contributed by atoms with Crippen LogP contribution in [0.1, 0.15) is 38.5 Å². The molecule has 0 spiro atoms. The minimum atomic E-state index is -0.818. The number of rotatable bonds is 3. The maximum Gasteiger partial charge on any atom is 0.233 e. The van der Waals surface area contributed by atoms with E-state index in [0.717, 1.165) is 6.42 Å². The van der Waals surface area contributed by atoms with Crippen LogP contribution in [0.4, 0.5) is 0 Å². The summed E-state index contributed by atoms with van der Waals surface area (Å²) >= 11 is 0. The summed E-state index contributed by atoms with van der Waals surface area (Å²) in [7, 11) is 0. The van der Waals surface area contributed by atoms with Crippen molar-refractivity contribution >= 4 is 11.8 Å². The van der Waals surface area contributed by atoms with Crippen molar-refractivity contribution in [1.82, 2.24) is 9.80 Å². The Morgan fingerprint density at radius 1 is 1.04 bits per heavy atom. The van der Waals surface area contributed by atoms with Crippen molar-refractivity contribution in [1.29, 1.82) is 0 Å². The number of morpholine rings is 1. The number of hydrogen-bond donors (Lipinski definition) is 1. The van der Waals surface area contributed by atoms with Gasteiger partial charge in [-0.2, -0.15) is 0 Å². The summed E-state index contributed by atoms with van der Waals surface area (Å²) < 4.78 is 11.2. The Balaban J connectivity index is 1.48. The molecular weight excluding hydrogens is 324 g/mol. The molecule has 25 heavy (non-hydrogen) atoms. The van der Waals surface area contributed by atoms with Crippen LogP contribution in [0.15, 0.2) is 0 Å². The monoisotopic (exact) mass is 352 g/mol. The van der Waals surface area contributed by atoms with Crippen LogP contribution < -0.4 is 0 Å². The zero-order valence-electron chi connectivity index (χ0n) is 14.7. The molecule has 7 heteroatoms. The molecule has 1 saturated carbocycles. The fraction of sp³-hybridized carbons (Fsp3) is 0.889. The first-order valence-electron chi connectivity index (χ1n) is 9.51. The first-order chi connectivity index (χ1) is 12.0. The van der Waals surface area contributed by atoms with Crippen molar-refractivity contribution < 1.29 is 24.2 Å². The first-order valence-corrected chi connectivity index (χ1v) is 9.51. The lowest BCUT2D eigenvalue weighted by molar-refractivity contribution is -0.159. The van der Waals surface area contributed by atoms with Crippen LogP contribution in [0.5, 0.6) is 0 Å². The van der Waals surface area contributed by atoms with Gasteiger partial charge in [0.05, 0.1) is 36.8 Å². The third-order valence-corrected chi connectivity index (χ3v) is 6.46. The number of fused-ring (bicyclic) bond motifs is 1. The van der Waals surface area contributed by atoms with Crippen LogP contribution in [0, 0.1) is 5.41 Å². The van der Waals surface area contributed by atoms with Crippen molar-refractivity contribution in [2.45, 2.75) is 50.2 Å². The van der Waals surface area contributed by atoms with Gasteiger partial charge in [-0.1, -0.05) is 0 Å². The summed E-state index contributed by atoms with van der Waals surface area (Å²) in [5.74, 6) is 0.0832. The molecular formula is C18H28N2O5. The van der Waals surface area contributed by atoms with Crippen molar-refractivity contribution in [3.05, 3.63) is 0 Å². The van der Waals surface area contributed by atoms with E-state index in [1.54, 1.807) is 4.90 Å². The molecule has 0 bridgehead atoms. The van der Waals surface area contributed by atoms with Crippen molar-refractivity contribution in [3.8, 4) is 0 Å². The van der Waals surface area contributed by atoms with Gasteiger partial charge in [-0.05, 0) is 32.1 Å². The number of carbonyl (C=O) groups is 2. The lowest BCUT2D eigenvalue weighted by atomic mass is 9.74. The van der Waals surface area contributed by atoms with Crippen LogP contribution in [0.3, 0.4) is 0 Å². The van der Waals surface area contributed by atoms with Crippen molar-refractivity contribution in [2.75, 3.05) is 46.0 Å². The van der Waals surface area contributed by atoms with E-state index in [0.29, 0.717) is 71.7 Å². The van der Waals surface area contributed by atoms with E-state index in [1.807, 2.05) is 4.90 Å². The van der Waals surface area contributed by atoms with E-state index in [9.17, 15) is 14.7 Å². The molecule has 2 amide bonds. The minimum Gasteiger partial charge on any atom is -0.389 e. The second-order valence-corrected chi connectivity index (χ2v) is 8.03. The highest BCUT2D eigenvalue weighted by Gasteiger charge is 2.55. The Labute approximate surface area is 148 Å². The normalized spacial score (nSPS) is 34.4. The summed E-state index contributed by atoms with van der Waals surface area (Å²) in [6, 6.07) is 0. The maximum absolute atomic E-state index is 13.3. The molecule has 3 saturated heterocycles. The van der Waals surface area contributed by atoms with E-state index < -0.39 is 11.0 Å². The Hall–Kier alpha value is -1.18. The molecule has 0 radical (unpaired) electrons. The molecule has 1 N–H and O–H groups in total. The Bertz CT molecular complexity index is 544. The van der Waals surface area contributed by atoms with Gasteiger partial charge in [0.25, 0.3) is 0 Å². The average Bonchev–Trinajstić information content (AvgIpc) is 3.04. The molecule has 4 aliphatic rings. The average molecular weight is 352 g/mol. The van der Waals surface area contributed by atoms with Gasteiger partial charge in [0.15, 0.2) is 0 Å². The molecule has 2 atom stereocenters. The number of carbonyl (C=O) groups excluding carboxylic acids is 2. The second-order valence-electron chi connectivity index (χ2n) is 8.03. The highest BCUT2D eigenvalue weighted by atomic mass is 16.5. The predicted molar refractivity (Wildman–Crippen MR) is 88.8 cm³/mol. The molecule has 0 aromatic heterocycles. The van der Waals surface area contributed by atoms with Crippen LogP contribution in [-0.2, 0) is 19.1 Å². The van der Waals surface area contributed by atoms with Crippen LogP contribution in [0.2, 0.25) is 0 Å². The largest absolute Gasteiger partial charge is 0.389 e. The van der Waals surface area contributed by atoms with Gasteiger partial charge in [-0.3, -0.25) is 9.59 Å². The van der Waals surface area contributed by atoms with Crippen molar-refractivity contribution in [3.63, 3.8) is 0 Å². The van der Waals surface area contributed by atoms with Gasteiger partial charge in [-0.15, -0.1) is 0 Å². The number of nitrogens with zero attached hydrogens (tertiary/aromatic N) is 2. The molecule has 4 rings (SSSR count). The van der Waals surface area contributed by atoms with E-state index in [4.69, 9.17) is 9.47 Å². The second kappa shape index (κ2) is 6.52. The van der Waals surface area contributed by atoms with Crippen LogP contribution in [0.25, 0.3) is 0 Å². The topological polar surface area (TPSA) is 79.3 Å². The number of piperidine rings is 1. The molecule has 7 nitrogen and oxygen atoms in total. The Morgan fingerprint density at radius 2 is 1.80 bits per heavy atom. The maximum atomic E-state index is 13.3. The fourth-order valence-electron chi connectivity index (χ4n) is 4.70. The lowest BCUT2D eigenvalue weighted by Crippen LogP contribution is -2.60. The van der Waals surface area contributed by atoms with Crippen LogP contribution in [-0.4, -0.2) is 84.4 Å². The Morgan fingerprint density at radius 3 is 2.48 bits per heavy atom. The summed E-state index contributed by atoms with van der Waals surface area (Å²) in [6.45, 7) is 3.97. The zero-order chi connectivity index (χ0) is 17.5. The van der Waals surface area contributed by atoms with E-state index in [2.05, 4.69) is 0 Å². The summed E-state index contributed by atoms with van der Waals surface area (Å²) in [6.07, 6.45) is 3.84. The van der Waals surface area contributed by atoms with Gasteiger partial charge in [0, 0.05) is 32.8 Å². The molecule has 1 aliphatic carbocycles. The number of likely N-dealkylation sites (tertiary alicyclic amines) is 1. The van der Waals surface area contributed by atoms with Gasteiger partial charge >= 0.3 is 0 Å². The first kappa shape index (κ1) is 17.2. The molecule has 0 aromatic rings. The van der Waals surface area contributed by atoms with E-state index in [1.165, 1.54) is 0 Å². The van der Waals surface area contributed by atoms with Crippen LogP contribution >= 0.6 is 0 Å². The Kier molecular flexibility index (Phi) is 4.50. The summed E-state index contributed by atoms with van der Waals surface area (Å²) in [5, 5.41) is 10.3. The quantitative estimate of drug-likeness (QED) is 0.783. The standard InChI is InChI=1S/C18H28N2O5/c21-15(12-17(23)3-1-4-17)20-6-2-14-18(13-20,5-9-25-14)16(22)19-7-10-24-11-8-19/h14,23H,1-13H2/t14-,18-/m1/s1. The zero-order valence-corrected chi connectivity index (χ0v) is 14.7. The fourth-order valence-corrected chi connectivity index (χ4v) is 4.70. The lowest BCUT2D eigenvalue weighted by Gasteiger charge is -2.46. The number of amides is 2. The SMILES string of the molecule is O=C(CC1(O)CCC1)N1CC[C@H]2OCC[C@@]2(C(=O)N2CCOCC2)C1. The third-order valence-electron chi connectivity index (χ3n) is 6.46. The molecule has 4 fully saturated rings. The molecule has 3 aliphatic heterocycles. The molecule has 140 valence electrons. The van der Waals surface area contributed by atoms with Gasteiger partial charge < -0.3 is 24.4 Å². The predicted octanol–water partition coefficient (Wildman–Crippen LogP) is 0.158. The minimum absolute atomic E-state index is 0.0262. The van der Waals surface area contributed by atoms with Crippen molar-refractivity contribution in [2.24, 2.45) is 5.41 Å². The number of aliphatic hydroxyl groups is 1. The smallest absolute Gasteiger partial charge is 0.233 e. The molecule has 0 aromatic carbocycles. The highest BCUT2D eigenvalue weighted by Crippen LogP contribution is 2.43. The van der Waals surface area contributed by atoms with Gasteiger partial charge in [0.2, 0.25) is 11.8 Å². The number of hydrogen-bond acceptors (Lipinski definition) is 5. The highest BCUT2D eigenvalue weighted by molar-refractivity contribution is 5.86. The molecule has 3 heterocycles. The van der Waals surface area contributed by atoms with Gasteiger partial charge in [-0.25, -0.2) is 0 Å². The summed E-state index contributed by atoms with van der Waals surface area (Å²) in [4.78, 5) is 29.7. The van der Waals surface area contributed by atoms with Gasteiger partial charge in [0.1, 0.15) is 0 Å². The molecule has 0 unspecified atom stereocenters. The van der Waals surface area contributed by atoms with E-state index in [-0.39, 0.29) is 24.3 Å². The van der Waals surface area contributed by atoms with E-state index >= 15 is 0 Å². The number of ether oxygens (including phenoxy) is 2. The third kappa shape index (κ3) is 3.06.